The lowest BCUT2D eigenvalue weighted by atomic mass is 9.85. The van der Waals surface area contributed by atoms with Crippen molar-refractivity contribution >= 4 is 0 Å². The predicted molar refractivity (Wildman–Crippen MR) is 41.5 cm³/mol. The maximum atomic E-state index is 13.2. The minimum atomic E-state index is -2.70. The summed E-state index contributed by atoms with van der Waals surface area (Å²) in [6.07, 6.45) is -0.485. The molecular formula is C8H13F2NO2. The third-order valence-electron chi connectivity index (χ3n) is 3.10. The molecule has 2 N–H and O–H groups in total. The minimum Gasteiger partial charge on any atom is -0.366 e. The Morgan fingerprint density at radius 2 is 2.31 bits per heavy atom. The van der Waals surface area contributed by atoms with Crippen molar-refractivity contribution in [2.75, 3.05) is 7.11 Å². The fraction of sp³-hybridized carbons (Fsp3) is 1.00. The Morgan fingerprint density at radius 1 is 1.62 bits per heavy atom. The minimum absolute atomic E-state index is 0.320. The van der Waals surface area contributed by atoms with Crippen molar-refractivity contribution in [1.82, 2.24) is 5.32 Å². The molecule has 13 heavy (non-hydrogen) atoms. The van der Waals surface area contributed by atoms with Crippen molar-refractivity contribution in [3.63, 3.8) is 0 Å². The number of halogens is 2. The smallest absolute Gasteiger partial charge is 0.265 e. The lowest BCUT2D eigenvalue weighted by molar-refractivity contribution is -0.140. The molecule has 2 aliphatic rings. The zero-order chi connectivity index (χ0) is 9.69. The number of hydrogen-bond acceptors (Lipinski definition) is 3. The summed E-state index contributed by atoms with van der Waals surface area (Å²) in [6.45, 7) is 0. The van der Waals surface area contributed by atoms with Gasteiger partial charge in [-0.25, -0.2) is 8.78 Å². The van der Waals surface area contributed by atoms with Gasteiger partial charge in [-0.05, 0) is 12.8 Å². The van der Waals surface area contributed by atoms with Gasteiger partial charge in [0, 0.05) is 13.5 Å². The van der Waals surface area contributed by atoms with E-state index in [1.54, 1.807) is 0 Å². The molecule has 0 aliphatic carbocycles. The second-order valence-corrected chi connectivity index (χ2v) is 3.92. The van der Waals surface area contributed by atoms with E-state index in [-0.39, 0.29) is 6.42 Å². The van der Waals surface area contributed by atoms with E-state index >= 15 is 0 Å². The van der Waals surface area contributed by atoms with E-state index in [1.165, 1.54) is 7.11 Å². The molecule has 0 spiro atoms. The average Bonchev–Trinajstić information content (AvgIpc) is 2.57. The Bertz CT molecular complexity index is 224. The van der Waals surface area contributed by atoms with Gasteiger partial charge in [-0.15, -0.1) is 0 Å². The quantitative estimate of drug-likeness (QED) is 0.627. The van der Waals surface area contributed by atoms with Crippen LogP contribution in [0.25, 0.3) is 0 Å². The van der Waals surface area contributed by atoms with Crippen LogP contribution < -0.4 is 5.32 Å². The van der Waals surface area contributed by atoms with E-state index in [0.717, 1.165) is 0 Å². The fourth-order valence-electron chi connectivity index (χ4n) is 2.40. The van der Waals surface area contributed by atoms with Crippen molar-refractivity contribution < 1.29 is 18.6 Å². The topological polar surface area (TPSA) is 41.5 Å². The van der Waals surface area contributed by atoms with Crippen LogP contribution in [0.4, 0.5) is 8.78 Å². The average molecular weight is 193 g/mol. The third kappa shape index (κ3) is 1.18. The number of fused-ring (bicyclic) bond motifs is 2. The van der Waals surface area contributed by atoms with Crippen LogP contribution in [0.1, 0.15) is 19.3 Å². The van der Waals surface area contributed by atoms with Crippen LogP contribution in [0.2, 0.25) is 0 Å². The van der Waals surface area contributed by atoms with Crippen LogP contribution >= 0.6 is 0 Å². The molecule has 0 aromatic rings. The van der Waals surface area contributed by atoms with Crippen molar-refractivity contribution in [3.8, 4) is 0 Å². The number of aliphatic hydroxyl groups excluding tert-OH is 1. The van der Waals surface area contributed by atoms with Crippen LogP contribution in [0.5, 0.6) is 0 Å². The van der Waals surface area contributed by atoms with E-state index < -0.39 is 23.8 Å². The molecule has 2 heterocycles. The Hall–Kier alpha value is -0.260. The number of nitrogens with one attached hydrogen (secondary N) is 1. The van der Waals surface area contributed by atoms with Crippen LogP contribution in [0, 0.1) is 0 Å². The Balaban J connectivity index is 2.19. The molecule has 0 radical (unpaired) electrons. The zero-order valence-corrected chi connectivity index (χ0v) is 7.39. The molecule has 2 fully saturated rings. The summed E-state index contributed by atoms with van der Waals surface area (Å²) in [6, 6.07) is -0.780. The number of aliphatic hydroxyl groups is 1. The molecule has 2 bridgehead atoms. The first-order valence-corrected chi connectivity index (χ1v) is 4.37. The van der Waals surface area contributed by atoms with Crippen LogP contribution in [-0.4, -0.2) is 36.0 Å². The highest BCUT2D eigenvalue weighted by molar-refractivity contribution is 5.13. The van der Waals surface area contributed by atoms with Gasteiger partial charge in [-0.3, -0.25) is 5.32 Å². The predicted octanol–water partition coefficient (Wildman–Crippen LogP) is 0.481. The van der Waals surface area contributed by atoms with Gasteiger partial charge < -0.3 is 9.84 Å². The van der Waals surface area contributed by atoms with Crippen LogP contribution in [-0.2, 0) is 4.74 Å². The van der Waals surface area contributed by atoms with Crippen molar-refractivity contribution in [2.45, 2.75) is 43.1 Å². The third-order valence-corrected chi connectivity index (χ3v) is 3.10. The van der Waals surface area contributed by atoms with Gasteiger partial charge in [-0.1, -0.05) is 0 Å². The van der Waals surface area contributed by atoms with Crippen molar-refractivity contribution in [2.24, 2.45) is 0 Å². The number of alkyl halides is 2. The summed E-state index contributed by atoms with van der Waals surface area (Å²) in [5, 5.41) is 12.2. The van der Waals surface area contributed by atoms with Crippen LogP contribution in [0.15, 0.2) is 0 Å². The maximum absolute atomic E-state index is 13.2. The van der Waals surface area contributed by atoms with Gasteiger partial charge in [0.25, 0.3) is 5.92 Å². The molecule has 3 nitrogen and oxygen atoms in total. The van der Waals surface area contributed by atoms with Gasteiger partial charge in [0.1, 0.15) is 0 Å². The number of rotatable bonds is 2. The standard InChI is InChI=1S/C8H13F2NO2/c1-13-6(12)7-3-2-5(11-7)8(9,10)4-7/h5-6,11-12H,2-4H2,1H3. The molecule has 0 aromatic heterocycles. The molecule has 0 aromatic carbocycles. The number of hydrogen-bond donors (Lipinski definition) is 2. The molecular weight excluding hydrogens is 180 g/mol. The first-order valence-electron chi connectivity index (χ1n) is 4.37. The van der Waals surface area contributed by atoms with E-state index in [9.17, 15) is 13.9 Å². The molecule has 3 atom stereocenters. The molecule has 76 valence electrons. The normalized spacial score (nSPS) is 43.8. The van der Waals surface area contributed by atoms with Gasteiger partial charge in [-0.2, -0.15) is 0 Å². The molecule has 0 saturated carbocycles. The molecule has 2 saturated heterocycles. The Kier molecular flexibility index (Phi) is 1.87. The monoisotopic (exact) mass is 193 g/mol. The second kappa shape index (κ2) is 2.62. The first-order chi connectivity index (χ1) is 6.00. The number of methoxy groups -OCH3 is 1. The second-order valence-electron chi connectivity index (χ2n) is 3.92. The fourth-order valence-corrected chi connectivity index (χ4v) is 2.40. The van der Waals surface area contributed by atoms with Gasteiger partial charge >= 0.3 is 0 Å². The summed E-state index contributed by atoms with van der Waals surface area (Å²) in [4.78, 5) is 0. The molecule has 2 rings (SSSR count). The van der Waals surface area contributed by atoms with E-state index in [1.807, 2.05) is 0 Å². The Labute approximate surface area is 75.1 Å². The molecule has 5 heteroatoms. The maximum Gasteiger partial charge on any atom is 0.265 e. The van der Waals surface area contributed by atoms with Gasteiger partial charge in [0.05, 0.1) is 11.6 Å². The summed E-state index contributed by atoms with van der Waals surface area (Å²) in [5.74, 6) is -2.70. The largest absolute Gasteiger partial charge is 0.366 e. The van der Waals surface area contributed by atoms with E-state index in [4.69, 9.17) is 4.74 Å². The zero-order valence-electron chi connectivity index (χ0n) is 7.39. The van der Waals surface area contributed by atoms with E-state index in [0.29, 0.717) is 12.8 Å². The lowest BCUT2D eigenvalue weighted by Crippen LogP contribution is -2.48. The summed E-state index contributed by atoms with van der Waals surface area (Å²) in [5.41, 5.74) is -0.914. The number of ether oxygens (including phenoxy) is 1. The van der Waals surface area contributed by atoms with Crippen molar-refractivity contribution in [1.29, 1.82) is 0 Å². The molecule has 0 amide bonds. The SMILES string of the molecule is COC(O)C12CCC(N1)C(F)(F)C2. The molecule has 3 unspecified atom stereocenters. The Morgan fingerprint density at radius 3 is 2.69 bits per heavy atom. The summed E-state index contributed by atoms with van der Waals surface area (Å²) >= 11 is 0. The first kappa shape index (κ1) is 9.30. The van der Waals surface area contributed by atoms with Crippen LogP contribution in [0.3, 0.4) is 0 Å². The highest BCUT2D eigenvalue weighted by atomic mass is 19.3. The summed E-state index contributed by atoms with van der Waals surface area (Å²) in [7, 11) is 1.32. The lowest BCUT2D eigenvalue weighted by Gasteiger charge is -2.31. The summed E-state index contributed by atoms with van der Waals surface area (Å²) < 4.78 is 31.0. The van der Waals surface area contributed by atoms with Crippen molar-refractivity contribution in [3.05, 3.63) is 0 Å². The highest BCUT2D eigenvalue weighted by Gasteiger charge is 2.63. The molecule has 2 aliphatic heterocycles. The van der Waals surface area contributed by atoms with E-state index in [2.05, 4.69) is 5.32 Å². The highest BCUT2D eigenvalue weighted by Crippen LogP contribution is 2.48. The van der Waals surface area contributed by atoms with Gasteiger partial charge in [0.2, 0.25) is 0 Å². The van der Waals surface area contributed by atoms with Gasteiger partial charge in [0.15, 0.2) is 6.29 Å².